The summed E-state index contributed by atoms with van der Waals surface area (Å²) in [5.74, 6) is 0.660. The maximum Gasteiger partial charge on any atom is 0.253 e. The van der Waals surface area contributed by atoms with E-state index in [9.17, 15) is 9.59 Å². The van der Waals surface area contributed by atoms with Crippen molar-refractivity contribution in [3.05, 3.63) is 20.4 Å². The highest BCUT2D eigenvalue weighted by Crippen LogP contribution is 2.14. The van der Waals surface area contributed by atoms with Gasteiger partial charge in [0.25, 0.3) is 10.9 Å². The summed E-state index contributed by atoms with van der Waals surface area (Å²) in [6.45, 7) is 6.47. The lowest BCUT2D eigenvalue weighted by molar-refractivity contribution is 0.567. The lowest BCUT2D eigenvalue weighted by Gasteiger charge is -2.15. The monoisotopic (exact) mass is 253 g/mol. The van der Waals surface area contributed by atoms with Gasteiger partial charge in [-0.1, -0.05) is 13.8 Å². The summed E-state index contributed by atoms with van der Waals surface area (Å²) in [7, 11) is 1.84. The highest BCUT2D eigenvalue weighted by atomic mass is 16.2. The summed E-state index contributed by atoms with van der Waals surface area (Å²) >= 11 is 0. The van der Waals surface area contributed by atoms with Gasteiger partial charge in [0.2, 0.25) is 0 Å². The summed E-state index contributed by atoms with van der Waals surface area (Å²) < 4.78 is 0. The van der Waals surface area contributed by atoms with Crippen molar-refractivity contribution in [3.63, 3.8) is 0 Å². The molecule has 0 aliphatic heterocycles. The molecular formula is C13H23N3O2. The molecule has 0 bridgehead atoms. The van der Waals surface area contributed by atoms with Crippen molar-refractivity contribution < 1.29 is 0 Å². The number of rotatable bonds is 9. The molecule has 0 unspecified atom stereocenters. The second-order valence-corrected chi connectivity index (χ2v) is 4.90. The summed E-state index contributed by atoms with van der Waals surface area (Å²) in [5.41, 5.74) is 0.101. The summed E-state index contributed by atoms with van der Waals surface area (Å²) in [5, 5.41) is 9.02. The van der Waals surface area contributed by atoms with Crippen LogP contribution in [0.3, 0.4) is 0 Å². The minimum atomic E-state index is -0.405. The SMILES string of the molecule is CNCCNc1c(NCCCC(C)C)c(=O)c1=O. The zero-order valence-electron chi connectivity index (χ0n) is 11.4. The molecule has 0 saturated carbocycles. The fourth-order valence-electron chi connectivity index (χ4n) is 1.77. The van der Waals surface area contributed by atoms with Gasteiger partial charge >= 0.3 is 0 Å². The molecule has 1 rings (SSSR count). The van der Waals surface area contributed by atoms with E-state index in [-0.39, 0.29) is 0 Å². The second-order valence-electron chi connectivity index (χ2n) is 4.90. The number of nitrogens with one attached hydrogen (secondary N) is 3. The molecule has 0 saturated heterocycles. The first-order valence-corrected chi connectivity index (χ1v) is 6.53. The van der Waals surface area contributed by atoms with Crippen LogP contribution in [0, 0.1) is 5.92 Å². The van der Waals surface area contributed by atoms with Crippen molar-refractivity contribution in [2.75, 3.05) is 37.3 Å². The third-order valence-corrected chi connectivity index (χ3v) is 2.85. The molecule has 0 amide bonds. The van der Waals surface area contributed by atoms with Gasteiger partial charge < -0.3 is 16.0 Å². The van der Waals surface area contributed by atoms with Crippen LogP contribution in [0.25, 0.3) is 0 Å². The molecule has 0 spiro atoms. The fraction of sp³-hybridized carbons (Fsp3) is 0.692. The van der Waals surface area contributed by atoms with Crippen LogP contribution in [0.2, 0.25) is 0 Å². The van der Waals surface area contributed by atoms with Crippen LogP contribution in [-0.2, 0) is 0 Å². The third kappa shape index (κ3) is 3.84. The number of hydrogen-bond donors (Lipinski definition) is 3. The smallest absolute Gasteiger partial charge is 0.253 e. The maximum atomic E-state index is 11.4. The van der Waals surface area contributed by atoms with E-state index in [1.807, 2.05) is 7.05 Å². The molecule has 0 fully saturated rings. The van der Waals surface area contributed by atoms with E-state index in [2.05, 4.69) is 29.8 Å². The minimum absolute atomic E-state index is 0.397. The number of anilines is 2. The molecule has 5 heteroatoms. The van der Waals surface area contributed by atoms with E-state index in [4.69, 9.17) is 0 Å². The maximum absolute atomic E-state index is 11.4. The molecule has 0 heterocycles. The van der Waals surface area contributed by atoms with E-state index in [0.29, 0.717) is 23.8 Å². The van der Waals surface area contributed by atoms with E-state index >= 15 is 0 Å². The molecule has 0 aromatic heterocycles. The van der Waals surface area contributed by atoms with Gasteiger partial charge in [-0.25, -0.2) is 0 Å². The van der Waals surface area contributed by atoms with Gasteiger partial charge in [0.1, 0.15) is 11.4 Å². The van der Waals surface area contributed by atoms with Crippen LogP contribution in [0.15, 0.2) is 9.59 Å². The lowest BCUT2D eigenvalue weighted by atomic mass is 10.1. The summed E-state index contributed by atoms with van der Waals surface area (Å²) in [6.07, 6.45) is 2.12. The van der Waals surface area contributed by atoms with Gasteiger partial charge in [0.15, 0.2) is 0 Å². The molecule has 5 nitrogen and oxygen atoms in total. The fourth-order valence-corrected chi connectivity index (χ4v) is 1.77. The van der Waals surface area contributed by atoms with E-state index in [1.165, 1.54) is 0 Å². The largest absolute Gasteiger partial charge is 0.380 e. The van der Waals surface area contributed by atoms with Gasteiger partial charge in [-0.3, -0.25) is 9.59 Å². The van der Waals surface area contributed by atoms with Crippen molar-refractivity contribution in [1.29, 1.82) is 0 Å². The Hall–Kier alpha value is -1.36. The van der Waals surface area contributed by atoms with E-state index < -0.39 is 10.9 Å². The Morgan fingerprint density at radius 2 is 1.50 bits per heavy atom. The van der Waals surface area contributed by atoms with Crippen molar-refractivity contribution >= 4 is 11.4 Å². The Morgan fingerprint density at radius 1 is 0.944 bits per heavy atom. The molecule has 0 aliphatic rings. The third-order valence-electron chi connectivity index (χ3n) is 2.85. The minimum Gasteiger partial charge on any atom is -0.380 e. The van der Waals surface area contributed by atoms with E-state index in [0.717, 1.165) is 25.9 Å². The van der Waals surface area contributed by atoms with Gasteiger partial charge in [-0.2, -0.15) is 0 Å². The average molecular weight is 253 g/mol. The Morgan fingerprint density at radius 3 is 2.00 bits per heavy atom. The van der Waals surface area contributed by atoms with Crippen molar-refractivity contribution in [3.8, 4) is 0 Å². The first-order chi connectivity index (χ1) is 8.57. The standard InChI is InChI=1S/C13H23N3O2/c1-9(2)5-4-6-15-10-11(13(18)12(10)17)16-8-7-14-3/h9,14-16H,4-8H2,1-3H3. The van der Waals surface area contributed by atoms with Crippen LogP contribution in [0.1, 0.15) is 26.7 Å². The van der Waals surface area contributed by atoms with Crippen molar-refractivity contribution in [1.82, 2.24) is 5.32 Å². The number of hydrogen-bond acceptors (Lipinski definition) is 5. The van der Waals surface area contributed by atoms with Crippen molar-refractivity contribution in [2.45, 2.75) is 26.7 Å². The lowest BCUT2D eigenvalue weighted by Crippen LogP contribution is -2.38. The Balaban J connectivity index is 2.42. The molecule has 102 valence electrons. The van der Waals surface area contributed by atoms with Gasteiger partial charge in [0.05, 0.1) is 0 Å². The van der Waals surface area contributed by atoms with E-state index in [1.54, 1.807) is 0 Å². The molecule has 1 aromatic carbocycles. The Bertz CT molecular complexity index is 433. The quantitative estimate of drug-likeness (QED) is 0.448. The van der Waals surface area contributed by atoms with Crippen LogP contribution in [0.4, 0.5) is 11.4 Å². The predicted molar refractivity (Wildman–Crippen MR) is 76.3 cm³/mol. The topological polar surface area (TPSA) is 70.2 Å². The normalized spacial score (nSPS) is 11.1. The number of likely N-dealkylation sites (N-methyl/N-ethyl adjacent to an activating group) is 1. The Kier molecular flexibility index (Phi) is 5.85. The highest BCUT2D eigenvalue weighted by molar-refractivity contribution is 5.73. The zero-order valence-corrected chi connectivity index (χ0v) is 11.4. The first kappa shape index (κ1) is 14.7. The van der Waals surface area contributed by atoms with Crippen LogP contribution in [-0.4, -0.2) is 26.7 Å². The summed E-state index contributed by atoms with van der Waals surface area (Å²) in [6, 6.07) is 0. The van der Waals surface area contributed by atoms with Gasteiger partial charge in [0, 0.05) is 19.6 Å². The molecule has 3 N–H and O–H groups in total. The van der Waals surface area contributed by atoms with Crippen LogP contribution in [0.5, 0.6) is 0 Å². The van der Waals surface area contributed by atoms with Crippen molar-refractivity contribution in [2.24, 2.45) is 5.92 Å². The highest BCUT2D eigenvalue weighted by Gasteiger charge is 2.19. The van der Waals surface area contributed by atoms with Gasteiger partial charge in [-0.15, -0.1) is 0 Å². The molecule has 0 atom stereocenters. The molecule has 18 heavy (non-hydrogen) atoms. The molecule has 0 aliphatic carbocycles. The average Bonchev–Trinajstić information content (AvgIpc) is 2.35. The molecular weight excluding hydrogens is 230 g/mol. The predicted octanol–water partition coefficient (Wildman–Crippen LogP) is 0.762. The Labute approximate surface area is 108 Å². The molecule has 1 aromatic rings. The van der Waals surface area contributed by atoms with Gasteiger partial charge in [-0.05, 0) is 25.8 Å². The second kappa shape index (κ2) is 7.16. The van der Waals surface area contributed by atoms with Crippen LogP contribution >= 0.6 is 0 Å². The summed E-state index contributed by atoms with van der Waals surface area (Å²) in [4.78, 5) is 22.8. The zero-order chi connectivity index (χ0) is 13.5. The first-order valence-electron chi connectivity index (χ1n) is 6.53. The molecule has 0 radical (unpaired) electrons. The van der Waals surface area contributed by atoms with Crippen LogP contribution < -0.4 is 26.8 Å².